The van der Waals surface area contributed by atoms with Crippen molar-refractivity contribution in [1.29, 1.82) is 0 Å². The van der Waals surface area contributed by atoms with Gasteiger partial charge in [0.1, 0.15) is 0 Å². The van der Waals surface area contributed by atoms with E-state index in [0.717, 1.165) is 13.1 Å². The highest BCUT2D eigenvalue weighted by Gasteiger charge is 2.17. The number of nitrogens with zero attached hydrogens (tertiary/aromatic N) is 2. The van der Waals surface area contributed by atoms with Crippen LogP contribution in [-0.4, -0.2) is 43.7 Å². The predicted octanol–water partition coefficient (Wildman–Crippen LogP) is 6.12. The van der Waals surface area contributed by atoms with Gasteiger partial charge in [0.2, 0.25) is 0 Å². The maximum atomic E-state index is 4.60. The first-order valence-electron chi connectivity index (χ1n) is 10.6. The third kappa shape index (κ3) is 14.6. The van der Waals surface area contributed by atoms with E-state index in [0.29, 0.717) is 6.61 Å². The number of fused-ring (bicyclic) bond motifs is 1. The number of methoxy groups -OCH3 is 1. The number of hydrogen-bond acceptors (Lipinski definition) is 3. The maximum absolute atomic E-state index is 4.60. The van der Waals surface area contributed by atoms with E-state index in [1.54, 1.807) is 20.1 Å². The van der Waals surface area contributed by atoms with Crippen LogP contribution in [0.3, 0.4) is 0 Å². The monoisotopic (exact) mass is 400 g/mol. The average molecular weight is 401 g/mol. The van der Waals surface area contributed by atoms with Crippen molar-refractivity contribution in [2.24, 2.45) is 0 Å². The van der Waals surface area contributed by atoms with Gasteiger partial charge in [-0.05, 0) is 64.9 Å². The molecular formula is C26H44N2O. The number of hydrogen-bond donors (Lipinski definition) is 0. The predicted molar refractivity (Wildman–Crippen MR) is 130 cm³/mol. The van der Waals surface area contributed by atoms with Crippen molar-refractivity contribution in [2.75, 3.05) is 33.9 Å². The molecule has 0 radical (unpaired) electrons. The molecule has 3 nitrogen and oxygen atoms in total. The lowest BCUT2D eigenvalue weighted by Crippen LogP contribution is -2.12. The summed E-state index contributed by atoms with van der Waals surface area (Å²) in [5.41, 5.74) is 4.32. The lowest BCUT2D eigenvalue weighted by atomic mass is 10.1. The van der Waals surface area contributed by atoms with Gasteiger partial charge in [0, 0.05) is 25.9 Å². The Morgan fingerprint density at radius 3 is 1.86 bits per heavy atom. The second kappa shape index (κ2) is 20.7. The van der Waals surface area contributed by atoms with Crippen LogP contribution in [0.1, 0.15) is 58.6 Å². The smallest absolute Gasteiger partial charge is 0.0641 e. The second-order valence-electron chi connectivity index (χ2n) is 6.60. The fourth-order valence-corrected chi connectivity index (χ4v) is 2.76. The summed E-state index contributed by atoms with van der Waals surface area (Å²) in [5.74, 6) is 2.25. The molecule has 0 spiro atoms. The van der Waals surface area contributed by atoms with Gasteiger partial charge in [-0.25, -0.2) is 0 Å². The molecule has 3 rings (SSSR count). The fourth-order valence-electron chi connectivity index (χ4n) is 2.76. The quantitative estimate of drug-likeness (QED) is 0.449. The Kier molecular flexibility index (Phi) is 20.8. The van der Waals surface area contributed by atoms with Crippen molar-refractivity contribution in [1.82, 2.24) is 9.80 Å². The van der Waals surface area contributed by atoms with E-state index in [2.05, 4.69) is 84.7 Å². The van der Waals surface area contributed by atoms with E-state index in [4.69, 9.17) is 0 Å². The molecule has 0 bridgehead atoms. The molecule has 2 aliphatic rings. The summed E-state index contributed by atoms with van der Waals surface area (Å²) >= 11 is 0. The van der Waals surface area contributed by atoms with Crippen LogP contribution < -0.4 is 0 Å². The van der Waals surface area contributed by atoms with Gasteiger partial charge in [-0.2, -0.15) is 0 Å². The molecule has 164 valence electrons. The number of allylic oxidation sites excluding steroid dienone is 2. The van der Waals surface area contributed by atoms with Gasteiger partial charge >= 0.3 is 0 Å². The molecule has 0 aromatic heterocycles. The van der Waals surface area contributed by atoms with Gasteiger partial charge in [0.15, 0.2) is 0 Å². The van der Waals surface area contributed by atoms with E-state index < -0.39 is 0 Å². The molecule has 0 amide bonds. The molecule has 2 heterocycles. The lowest BCUT2D eigenvalue weighted by Gasteiger charge is -2.17. The number of rotatable bonds is 3. The van der Waals surface area contributed by atoms with Gasteiger partial charge in [-0.3, -0.25) is 0 Å². The summed E-state index contributed by atoms with van der Waals surface area (Å²) in [5, 5.41) is 0. The van der Waals surface area contributed by atoms with Crippen LogP contribution >= 0.6 is 0 Å². The minimum absolute atomic E-state index is 0.653. The van der Waals surface area contributed by atoms with Gasteiger partial charge in [0.25, 0.3) is 0 Å². The molecule has 1 fully saturated rings. The minimum atomic E-state index is 0.653. The third-order valence-corrected chi connectivity index (χ3v) is 4.37. The Hall–Kier alpha value is -2.02. The van der Waals surface area contributed by atoms with Crippen LogP contribution in [0.15, 0.2) is 48.7 Å². The van der Waals surface area contributed by atoms with Crippen molar-refractivity contribution >= 4 is 0 Å². The Morgan fingerprint density at radius 1 is 1.17 bits per heavy atom. The van der Waals surface area contributed by atoms with Crippen LogP contribution in [-0.2, 0) is 17.8 Å². The zero-order valence-electron chi connectivity index (χ0n) is 20.0. The van der Waals surface area contributed by atoms with Crippen LogP contribution in [0.5, 0.6) is 0 Å². The minimum Gasteiger partial charge on any atom is -0.381 e. The van der Waals surface area contributed by atoms with Gasteiger partial charge in [-0.1, -0.05) is 50.3 Å². The van der Waals surface area contributed by atoms with Crippen LogP contribution in [0.4, 0.5) is 0 Å². The van der Waals surface area contributed by atoms with Crippen molar-refractivity contribution in [3.63, 3.8) is 0 Å². The summed E-state index contributed by atoms with van der Waals surface area (Å²) in [4.78, 5) is 4.77. The van der Waals surface area contributed by atoms with Crippen molar-refractivity contribution in [3.05, 3.63) is 59.8 Å². The normalized spacial score (nSPS) is 14.3. The summed E-state index contributed by atoms with van der Waals surface area (Å²) < 4.78 is 4.57. The molecule has 29 heavy (non-hydrogen) atoms. The Labute approximate surface area is 181 Å². The first kappa shape index (κ1) is 29.2. The van der Waals surface area contributed by atoms with Crippen molar-refractivity contribution in [3.8, 4) is 12.3 Å². The molecule has 0 aliphatic carbocycles. The Bertz CT molecular complexity index is 556. The topological polar surface area (TPSA) is 15.7 Å². The summed E-state index contributed by atoms with van der Waals surface area (Å²) in [6, 6.07) is 8.68. The third-order valence-electron chi connectivity index (χ3n) is 4.37. The van der Waals surface area contributed by atoms with Crippen LogP contribution in [0.25, 0.3) is 0 Å². The maximum Gasteiger partial charge on any atom is 0.0641 e. The molecule has 3 heteroatoms. The first-order chi connectivity index (χ1) is 14.0. The summed E-state index contributed by atoms with van der Waals surface area (Å²) in [7, 11) is 3.81. The molecular weight excluding hydrogens is 356 g/mol. The first-order valence-corrected chi connectivity index (χ1v) is 10.6. The molecule has 0 saturated carbocycles. The van der Waals surface area contributed by atoms with Gasteiger partial charge in [0.05, 0.1) is 6.61 Å². The number of terminal acetylenes is 1. The molecule has 1 aromatic carbocycles. The Balaban J connectivity index is 0. The zero-order valence-corrected chi connectivity index (χ0v) is 20.0. The SMILES string of the molecule is C#CC.C/C=C(\C)N1Cc2ccccc2C1.C=CCOC.CC.CN1CCCC1. The average Bonchev–Trinajstić information content (AvgIpc) is 3.40. The molecule has 1 aromatic rings. The summed E-state index contributed by atoms with van der Waals surface area (Å²) in [6.45, 7) is 18.8. The number of benzene rings is 1. The van der Waals surface area contributed by atoms with Crippen molar-refractivity contribution in [2.45, 2.75) is 60.5 Å². The molecule has 2 aliphatic heterocycles. The van der Waals surface area contributed by atoms with E-state index in [-0.39, 0.29) is 0 Å². The zero-order chi connectivity index (χ0) is 22.5. The molecule has 0 atom stereocenters. The number of likely N-dealkylation sites (tertiary alicyclic amines) is 1. The van der Waals surface area contributed by atoms with Crippen LogP contribution in [0, 0.1) is 12.3 Å². The van der Waals surface area contributed by atoms with Gasteiger partial charge in [-0.15, -0.1) is 18.9 Å². The Morgan fingerprint density at radius 2 is 1.62 bits per heavy atom. The largest absolute Gasteiger partial charge is 0.381 e. The highest BCUT2D eigenvalue weighted by molar-refractivity contribution is 5.31. The van der Waals surface area contributed by atoms with Crippen molar-refractivity contribution < 1.29 is 4.74 Å². The molecule has 1 saturated heterocycles. The van der Waals surface area contributed by atoms with E-state index in [1.165, 1.54) is 42.8 Å². The summed E-state index contributed by atoms with van der Waals surface area (Å²) in [6.07, 6.45) is 11.3. The van der Waals surface area contributed by atoms with E-state index >= 15 is 0 Å². The van der Waals surface area contributed by atoms with Crippen LogP contribution in [0.2, 0.25) is 0 Å². The van der Waals surface area contributed by atoms with E-state index in [1.807, 2.05) is 13.8 Å². The lowest BCUT2D eigenvalue weighted by molar-refractivity contribution is 0.234. The van der Waals surface area contributed by atoms with Gasteiger partial charge < -0.3 is 14.5 Å². The fraction of sp³-hybridized carbons (Fsp3) is 0.538. The highest BCUT2D eigenvalue weighted by atomic mass is 16.5. The second-order valence-corrected chi connectivity index (χ2v) is 6.60. The standard InChI is InChI=1S/C12H15N.C5H11N.C4H8O.C3H4.C2H6/c1-3-10(2)13-8-11-6-4-5-7-12(11)9-13;1-6-4-2-3-5-6;1-3-4-5-2;1-3-2;1-2/h3-7H,8-9H2,1-2H3;2-5H2,1H3;3H,1,4H2,2H3;1H,2H3;1-2H3/b10-3+;;;;. The number of ether oxygens (including phenoxy) is 1. The molecule has 0 unspecified atom stereocenters. The van der Waals surface area contributed by atoms with E-state index in [9.17, 15) is 0 Å². The highest BCUT2D eigenvalue weighted by Crippen LogP contribution is 2.25. The molecule has 0 N–H and O–H groups in total.